The minimum Gasteiger partial charge on any atom is -0.497 e. The Hall–Kier alpha value is -3.48. The second kappa shape index (κ2) is 7.65. The largest absolute Gasteiger partial charge is 0.497 e. The molecule has 2 aliphatic rings. The van der Waals surface area contributed by atoms with Crippen LogP contribution in [-0.2, 0) is 6.42 Å². The number of hydrogen-bond donors (Lipinski definition) is 1. The lowest BCUT2D eigenvalue weighted by Crippen LogP contribution is -2.32. The molecule has 7 nitrogen and oxygen atoms in total. The van der Waals surface area contributed by atoms with Crippen LogP contribution in [-0.4, -0.2) is 36.3 Å². The molecule has 3 aromatic rings. The number of benzene rings is 2. The monoisotopic (exact) mass is 418 g/mol. The molecule has 0 bridgehead atoms. The Labute approximate surface area is 180 Å². The van der Waals surface area contributed by atoms with Gasteiger partial charge in [0, 0.05) is 31.7 Å². The first-order valence-corrected chi connectivity index (χ1v) is 10.6. The van der Waals surface area contributed by atoms with Crippen molar-refractivity contribution in [2.45, 2.75) is 31.7 Å². The van der Waals surface area contributed by atoms with Crippen molar-refractivity contribution in [1.82, 2.24) is 9.36 Å². The molecular formula is C24H26N4O3. The van der Waals surface area contributed by atoms with Gasteiger partial charge in [0.05, 0.1) is 37.3 Å². The molecule has 160 valence electrons. The summed E-state index contributed by atoms with van der Waals surface area (Å²) in [5.74, 6) is 2.08. The van der Waals surface area contributed by atoms with Crippen molar-refractivity contribution in [3.63, 3.8) is 0 Å². The normalized spacial score (nSPS) is 15.3. The lowest BCUT2D eigenvalue weighted by Gasteiger charge is -2.29. The van der Waals surface area contributed by atoms with E-state index >= 15 is 0 Å². The molecule has 1 N–H and O–H groups in total. The zero-order valence-corrected chi connectivity index (χ0v) is 18.0. The maximum Gasteiger partial charge on any atom is 0.278 e. The second-order valence-electron chi connectivity index (χ2n) is 7.95. The summed E-state index contributed by atoms with van der Waals surface area (Å²) < 4.78 is 14.8. The molecule has 0 spiro atoms. The van der Waals surface area contributed by atoms with E-state index in [9.17, 15) is 4.79 Å². The van der Waals surface area contributed by atoms with Crippen LogP contribution in [0.5, 0.6) is 11.5 Å². The summed E-state index contributed by atoms with van der Waals surface area (Å²) in [6.45, 7) is 0. The number of nitrogens with one attached hydrogen (secondary N) is 1. The lowest BCUT2D eigenvalue weighted by molar-refractivity contribution is 0.268. The topological polar surface area (TPSA) is 69.8 Å². The first kappa shape index (κ1) is 19.5. The van der Waals surface area contributed by atoms with Crippen molar-refractivity contribution >= 4 is 17.2 Å². The quantitative estimate of drug-likeness (QED) is 0.654. The molecule has 0 atom stereocenters. The third-order valence-corrected chi connectivity index (χ3v) is 6.22. The Morgan fingerprint density at radius 1 is 1.06 bits per heavy atom. The number of rotatable bonds is 6. The van der Waals surface area contributed by atoms with Crippen molar-refractivity contribution in [1.29, 1.82) is 0 Å². The van der Waals surface area contributed by atoms with Crippen LogP contribution in [0.25, 0.3) is 5.69 Å². The number of hydrogen-bond acceptors (Lipinski definition) is 5. The van der Waals surface area contributed by atoms with Gasteiger partial charge in [0.2, 0.25) is 0 Å². The highest BCUT2D eigenvalue weighted by atomic mass is 16.5. The predicted molar refractivity (Wildman–Crippen MR) is 122 cm³/mol. The number of aromatic nitrogens is 2. The highest BCUT2D eigenvalue weighted by Crippen LogP contribution is 2.37. The highest BCUT2D eigenvalue weighted by Gasteiger charge is 2.32. The van der Waals surface area contributed by atoms with Gasteiger partial charge in [-0.2, -0.15) is 0 Å². The molecule has 7 heteroatoms. The SMILES string of the molecule is CNc1c(C2=Nc3ccccc3C2)c(=O)n(C2CCC2)n1-c1cc(OC)cc(OC)c1. The third-order valence-electron chi connectivity index (χ3n) is 6.22. The van der Waals surface area contributed by atoms with Gasteiger partial charge in [-0.1, -0.05) is 18.2 Å². The van der Waals surface area contributed by atoms with Gasteiger partial charge in [-0.25, -0.2) is 9.36 Å². The predicted octanol–water partition coefficient (Wildman–Crippen LogP) is 4.10. The Morgan fingerprint density at radius 2 is 1.77 bits per heavy atom. The van der Waals surface area contributed by atoms with Crippen LogP contribution in [0.4, 0.5) is 11.5 Å². The van der Waals surface area contributed by atoms with Crippen molar-refractivity contribution in [2.75, 3.05) is 26.6 Å². The van der Waals surface area contributed by atoms with Gasteiger partial charge >= 0.3 is 0 Å². The Bertz CT molecular complexity index is 1210. The molecule has 1 aliphatic carbocycles. The Kier molecular flexibility index (Phi) is 4.81. The first-order valence-electron chi connectivity index (χ1n) is 10.6. The van der Waals surface area contributed by atoms with E-state index in [1.54, 1.807) is 14.2 Å². The van der Waals surface area contributed by atoms with Crippen molar-refractivity contribution in [3.05, 3.63) is 63.9 Å². The van der Waals surface area contributed by atoms with E-state index in [4.69, 9.17) is 14.5 Å². The zero-order chi connectivity index (χ0) is 21.5. The number of fused-ring (bicyclic) bond motifs is 1. The van der Waals surface area contributed by atoms with Gasteiger partial charge in [0.25, 0.3) is 5.56 Å². The molecule has 2 aromatic carbocycles. The minimum atomic E-state index is -0.0117. The third kappa shape index (κ3) is 3.12. The van der Waals surface area contributed by atoms with Gasteiger partial charge in [-0.05, 0) is 30.9 Å². The summed E-state index contributed by atoms with van der Waals surface area (Å²) in [7, 11) is 5.10. The van der Waals surface area contributed by atoms with Crippen molar-refractivity contribution < 1.29 is 9.47 Å². The summed E-state index contributed by atoms with van der Waals surface area (Å²) in [6.07, 6.45) is 3.75. The molecule has 1 aromatic heterocycles. The zero-order valence-electron chi connectivity index (χ0n) is 18.0. The van der Waals surface area contributed by atoms with Crippen LogP contribution in [0.2, 0.25) is 0 Å². The molecule has 2 heterocycles. The summed E-state index contributed by atoms with van der Waals surface area (Å²) in [6, 6.07) is 13.9. The number of anilines is 1. The van der Waals surface area contributed by atoms with Gasteiger partial charge in [0.15, 0.2) is 0 Å². The minimum absolute atomic E-state index is 0.0117. The molecular weight excluding hydrogens is 392 g/mol. The maximum absolute atomic E-state index is 13.8. The first-order chi connectivity index (χ1) is 15.1. The summed E-state index contributed by atoms with van der Waals surface area (Å²) in [4.78, 5) is 18.6. The fourth-order valence-corrected chi connectivity index (χ4v) is 4.42. The smallest absolute Gasteiger partial charge is 0.278 e. The molecule has 5 rings (SSSR count). The molecule has 1 aliphatic heterocycles. The molecule has 0 unspecified atom stereocenters. The van der Waals surface area contributed by atoms with E-state index in [1.807, 2.05) is 52.8 Å². The fraction of sp³-hybridized carbons (Fsp3) is 0.333. The second-order valence-corrected chi connectivity index (χ2v) is 7.95. The molecule has 0 saturated heterocycles. The molecule has 1 fully saturated rings. The van der Waals surface area contributed by atoms with E-state index in [2.05, 4.69) is 11.4 Å². The molecule has 1 saturated carbocycles. The van der Waals surface area contributed by atoms with E-state index in [0.29, 0.717) is 23.5 Å². The summed E-state index contributed by atoms with van der Waals surface area (Å²) in [5.41, 5.74) is 4.31. The number of para-hydroxylation sites is 1. The van der Waals surface area contributed by atoms with Gasteiger partial charge < -0.3 is 14.8 Å². The Morgan fingerprint density at radius 3 is 2.35 bits per heavy atom. The number of nitrogens with zero attached hydrogens (tertiary/aromatic N) is 3. The molecule has 31 heavy (non-hydrogen) atoms. The Balaban J connectivity index is 1.74. The van der Waals surface area contributed by atoms with Crippen LogP contribution < -0.4 is 20.3 Å². The summed E-state index contributed by atoms with van der Waals surface area (Å²) in [5, 5.41) is 3.29. The molecule has 0 amide bonds. The van der Waals surface area contributed by atoms with Crippen LogP contribution in [0.1, 0.15) is 36.4 Å². The lowest BCUT2D eigenvalue weighted by atomic mass is 9.93. The van der Waals surface area contributed by atoms with Crippen LogP contribution >= 0.6 is 0 Å². The average Bonchev–Trinajstić information content (AvgIpc) is 3.30. The van der Waals surface area contributed by atoms with Crippen molar-refractivity contribution in [2.24, 2.45) is 4.99 Å². The molecule has 0 radical (unpaired) electrons. The van der Waals surface area contributed by atoms with Gasteiger partial charge in [0.1, 0.15) is 22.9 Å². The number of aliphatic imine (C=N–C) groups is 1. The van der Waals surface area contributed by atoms with E-state index < -0.39 is 0 Å². The van der Waals surface area contributed by atoms with Crippen LogP contribution in [0.15, 0.2) is 52.3 Å². The van der Waals surface area contributed by atoms with Crippen LogP contribution in [0, 0.1) is 0 Å². The maximum atomic E-state index is 13.8. The van der Waals surface area contributed by atoms with Crippen molar-refractivity contribution in [3.8, 4) is 17.2 Å². The van der Waals surface area contributed by atoms with Crippen LogP contribution in [0.3, 0.4) is 0 Å². The van der Waals surface area contributed by atoms with E-state index in [0.717, 1.165) is 47.7 Å². The van der Waals surface area contributed by atoms with E-state index in [-0.39, 0.29) is 11.6 Å². The summed E-state index contributed by atoms with van der Waals surface area (Å²) >= 11 is 0. The number of methoxy groups -OCH3 is 2. The van der Waals surface area contributed by atoms with Gasteiger partial charge in [-0.15, -0.1) is 0 Å². The standard InChI is InChI=1S/C24H26N4O3/c1-25-23-22(21-11-15-7-4-5-10-20(15)26-21)24(29)28(16-8-6-9-16)27(23)17-12-18(30-2)14-19(13-17)31-3/h4-5,7,10,12-14,16,25H,6,8-9,11H2,1-3H3. The van der Waals surface area contributed by atoms with Gasteiger partial charge in [-0.3, -0.25) is 9.79 Å². The average molecular weight is 418 g/mol. The fourth-order valence-electron chi connectivity index (χ4n) is 4.42. The highest BCUT2D eigenvalue weighted by molar-refractivity contribution is 6.09. The van der Waals surface area contributed by atoms with E-state index in [1.165, 1.54) is 0 Å². The number of ether oxygens (including phenoxy) is 2.